The molecule has 8 heteroatoms. The van der Waals surface area contributed by atoms with Gasteiger partial charge in [0.15, 0.2) is 5.16 Å². The normalized spacial score (nSPS) is 10.9. The number of fused-ring (bicyclic) bond motifs is 1. The maximum Gasteiger partial charge on any atom is 0.273 e. The van der Waals surface area contributed by atoms with Crippen LogP contribution in [-0.2, 0) is 5.75 Å². The topological polar surface area (TPSA) is 100 Å². The zero-order chi connectivity index (χ0) is 21.1. The first-order valence-corrected chi connectivity index (χ1v) is 10.3. The van der Waals surface area contributed by atoms with Crippen LogP contribution < -0.4 is 10.9 Å². The van der Waals surface area contributed by atoms with Gasteiger partial charge in [0.25, 0.3) is 11.8 Å². The molecule has 4 rings (SSSR count). The van der Waals surface area contributed by atoms with Crippen molar-refractivity contribution in [3.63, 3.8) is 0 Å². The van der Waals surface area contributed by atoms with Crippen molar-refractivity contribution in [2.75, 3.05) is 0 Å². The fourth-order valence-electron chi connectivity index (χ4n) is 3.12. The highest BCUT2D eigenvalue weighted by molar-refractivity contribution is 7.98. The summed E-state index contributed by atoms with van der Waals surface area (Å²) in [6, 6.07) is 16.7. The largest absolute Gasteiger partial charge is 0.466 e. The fourth-order valence-corrected chi connectivity index (χ4v) is 4.00. The number of para-hydroxylation sites is 2. The number of hydrogen-bond acceptors (Lipinski definition) is 5. The van der Waals surface area contributed by atoms with Crippen molar-refractivity contribution in [2.45, 2.75) is 24.8 Å². The highest BCUT2D eigenvalue weighted by Crippen LogP contribution is 2.24. The van der Waals surface area contributed by atoms with Crippen molar-refractivity contribution in [3.8, 4) is 0 Å². The Balaban J connectivity index is 1.42. The average molecular weight is 420 g/mol. The van der Waals surface area contributed by atoms with Crippen molar-refractivity contribution in [2.24, 2.45) is 0 Å². The third-order valence-corrected chi connectivity index (χ3v) is 5.49. The van der Waals surface area contributed by atoms with Gasteiger partial charge in [0.1, 0.15) is 11.5 Å². The Labute approximate surface area is 177 Å². The maximum atomic E-state index is 12.7. The van der Waals surface area contributed by atoms with Crippen LogP contribution in [-0.4, -0.2) is 21.8 Å². The number of benzene rings is 2. The van der Waals surface area contributed by atoms with Crippen molar-refractivity contribution in [3.05, 3.63) is 82.8 Å². The molecule has 0 aliphatic carbocycles. The number of aromatic nitrogens is 2. The molecule has 0 bridgehead atoms. The minimum absolute atomic E-state index is 0.387. The summed E-state index contributed by atoms with van der Waals surface area (Å²) >= 11 is 1.51. The number of nitrogens with zero attached hydrogens (tertiary/aromatic N) is 1. The lowest BCUT2D eigenvalue weighted by atomic mass is 10.1. The van der Waals surface area contributed by atoms with Crippen LogP contribution in [0.5, 0.6) is 0 Å². The lowest BCUT2D eigenvalue weighted by Gasteiger charge is -2.10. The zero-order valence-electron chi connectivity index (χ0n) is 16.5. The second-order valence-electron chi connectivity index (χ2n) is 6.74. The molecule has 2 heterocycles. The van der Waals surface area contributed by atoms with E-state index in [0.717, 1.165) is 21.8 Å². The highest BCUT2D eigenvalue weighted by Gasteiger charge is 2.16. The summed E-state index contributed by atoms with van der Waals surface area (Å²) in [4.78, 5) is 32.8. The van der Waals surface area contributed by atoms with Gasteiger partial charge in [-0.1, -0.05) is 42.1 Å². The molecule has 152 valence electrons. The van der Waals surface area contributed by atoms with E-state index in [1.165, 1.54) is 11.8 Å². The van der Waals surface area contributed by atoms with E-state index in [1.54, 1.807) is 32.0 Å². The quantitative estimate of drug-likeness (QED) is 0.333. The molecule has 2 aromatic heterocycles. The van der Waals surface area contributed by atoms with Gasteiger partial charge in [0.05, 0.1) is 16.6 Å². The van der Waals surface area contributed by atoms with E-state index in [9.17, 15) is 9.59 Å². The van der Waals surface area contributed by atoms with Gasteiger partial charge in [-0.05, 0) is 43.7 Å². The highest BCUT2D eigenvalue weighted by atomic mass is 32.2. The molecular formula is C22H20N4O3S. The summed E-state index contributed by atoms with van der Waals surface area (Å²) in [5, 5.41) is 0.783. The molecule has 0 radical (unpaired) electrons. The lowest BCUT2D eigenvalue weighted by molar-refractivity contribution is 0.0845. The molecule has 0 aliphatic heterocycles. The first kappa shape index (κ1) is 19.8. The first-order chi connectivity index (χ1) is 14.5. The summed E-state index contributed by atoms with van der Waals surface area (Å²) < 4.78 is 5.36. The fraction of sp³-hybridized carbons (Fsp3) is 0.136. The number of rotatable bonds is 5. The van der Waals surface area contributed by atoms with Gasteiger partial charge >= 0.3 is 0 Å². The second kappa shape index (κ2) is 8.46. The minimum atomic E-state index is -0.424. The standard InChI is InChI=1S/C22H20N4O3S/c1-13-11-17(14(2)29-13)21(28)26-25-20(27)16-8-4-3-7-15(16)12-30-22-23-18-9-5-6-10-19(18)24-22/h3-11H,12H2,1-2H3,(H,23,24)(H,25,27)(H,26,28). The number of hydrogen-bond donors (Lipinski definition) is 3. The van der Waals surface area contributed by atoms with Crippen LogP contribution in [0, 0.1) is 13.8 Å². The Morgan fingerprint density at radius 3 is 2.43 bits per heavy atom. The van der Waals surface area contributed by atoms with E-state index in [-0.39, 0.29) is 5.91 Å². The predicted molar refractivity (Wildman–Crippen MR) is 115 cm³/mol. The number of aryl methyl sites for hydroxylation is 2. The maximum absolute atomic E-state index is 12.7. The zero-order valence-corrected chi connectivity index (χ0v) is 17.3. The Bertz CT molecular complexity index is 1200. The van der Waals surface area contributed by atoms with Crippen LogP contribution in [0.25, 0.3) is 11.0 Å². The number of carbonyl (C=O) groups excluding carboxylic acids is 2. The number of H-pyrrole nitrogens is 1. The average Bonchev–Trinajstić information content (AvgIpc) is 3.32. The second-order valence-corrected chi connectivity index (χ2v) is 7.70. The molecule has 0 unspecified atom stereocenters. The molecule has 4 aromatic rings. The van der Waals surface area contributed by atoms with Gasteiger partial charge in [0, 0.05) is 11.3 Å². The SMILES string of the molecule is Cc1cc(C(=O)NNC(=O)c2ccccc2CSc2nc3ccccc3[nH]2)c(C)o1. The van der Waals surface area contributed by atoms with Gasteiger partial charge in [-0.25, -0.2) is 4.98 Å². The molecule has 0 spiro atoms. The van der Waals surface area contributed by atoms with Gasteiger partial charge < -0.3 is 9.40 Å². The third-order valence-electron chi connectivity index (χ3n) is 4.57. The predicted octanol–water partition coefficient (Wildman–Crippen LogP) is 4.14. The smallest absolute Gasteiger partial charge is 0.273 e. The summed E-state index contributed by atoms with van der Waals surface area (Å²) in [7, 11) is 0. The number of aromatic amines is 1. The van der Waals surface area contributed by atoms with Crippen LogP contribution in [0.4, 0.5) is 0 Å². The number of nitrogens with one attached hydrogen (secondary N) is 3. The van der Waals surface area contributed by atoms with Crippen LogP contribution in [0.15, 0.2) is 64.2 Å². The van der Waals surface area contributed by atoms with Gasteiger partial charge in [-0.15, -0.1) is 0 Å². The molecule has 3 N–H and O–H groups in total. The molecule has 2 amide bonds. The minimum Gasteiger partial charge on any atom is -0.466 e. The van der Waals surface area contributed by atoms with Crippen LogP contribution in [0.2, 0.25) is 0 Å². The molecular weight excluding hydrogens is 400 g/mol. The molecule has 30 heavy (non-hydrogen) atoms. The number of hydrazine groups is 1. The molecule has 0 saturated carbocycles. The van der Waals surface area contributed by atoms with Crippen molar-refractivity contribution in [1.82, 2.24) is 20.8 Å². The van der Waals surface area contributed by atoms with Crippen molar-refractivity contribution >= 4 is 34.6 Å². The Morgan fingerprint density at radius 2 is 1.70 bits per heavy atom. The number of thioether (sulfide) groups is 1. The van der Waals surface area contributed by atoms with Crippen LogP contribution >= 0.6 is 11.8 Å². The Hall–Kier alpha value is -3.52. The summed E-state index contributed by atoms with van der Waals surface area (Å²) in [5.74, 6) is 0.880. The Morgan fingerprint density at radius 1 is 1.00 bits per heavy atom. The number of carbonyl (C=O) groups is 2. The van der Waals surface area contributed by atoms with E-state index < -0.39 is 5.91 Å². The molecule has 7 nitrogen and oxygen atoms in total. The summed E-state index contributed by atoms with van der Waals surface area (Å²) in [6.45, 7) is 3.46. The lowest BCUT2D eigenvalue weighted by Crippen LogP contribution is -2.42. The summed E-state index contributed by atoms with van der Waals surface area (Å²) in [6.07, 6.45) is 0. The number of imidazole rings is 1. The van der Waals surface area contributed by atoms with Gasteiger partial charge in [-0.3, -0.25) is 20.4 Å². The first-order valence-electron chi connectivity index (χ1n) is 9.34. The van der Waals surface area contributed by atoms with E-state index in [4.69, 9.17) is 4.42 Å². The third kappa shape index (κ3) is 4.23. The molecule has 2 aromatic carbocycles. The molecule has 0 aliphatic rings. The monoisotopic (exact) mass is 420 g/mol. The van der Waals surface area contributed by atoms with E-state index in [2.05, 4.69) is 20.8 Å². The van der Waals surface area contributed by atoms with E-state index >= 15 is 0 Å². The summed E-state index contributed by atoms with van der Waals surface area (Å²) in [5.41, 5.74) is 8.52. The van der Waals surface area contributed by atoms with Crippen molar-refractivity contribution in [1.29, 1.82) is 0 Å². The van der Waals surface area contributed by atoms with Crippen LogP contribution in [0.3, 0.4) is 0 Å². The van der Waals surface area contributed by atoms with E-state index in [0.29, 0.717) is 28.4 Å². The van der Waals surface area contributed by atoms with Gasteiger partial charge in [-0.2, -0.15) is 0 Å². The number of amides is 2. The Kier molecular flexibility index (Phi) is 5.58. The number of furan rings is 1. The molecule has 0 atom stereocenters. The van der Waals surface area contributed by atoms with Gasteiger partial charge in [0.2, 0.25) is 0 Å². The van der Waals surface area contributed by atoms with Crippen LogP contribution in [0.1, 0.15) is 37.8 Å². The molecule has 0 saturated heterocycles. The van der Waals surface area contributed by atoms with E-state index in [1.807, 2.05) is 36.4 Å². The molecule has 0 fully saturated rings. The van der Waals surface area contributed by atoms with Crippen molar-refractivity contribution < 1.29 is 14.0 Å².